The van der Waals surface area contributed by atoms with Gasteiger partial charge in [-0.15, -0.1) is 0 Å². The zero-order valence-electron chi connectivity index (χ0n) is 11.7. The number of hydrogen-bond donors (Lipinski definition) is 0. The van der Waals surface area contributed by atoms with Gasteiger partial charge in [0.25, 0.3) is 0 Å². The van der Waals surface area contributed by atoms with Crippen LogP contribution in [0.3, 0.4) is 0 Å². The van der Waals surface area contributed by atoms with E-state index in [4.69, 9.17) is 0 Å². The minimum absolute atomic E-state index is 0.0314. The van der Waals surface area contributed by atoms with Crippen molar-refractivity contribution in [1.82, 2.24) is 0 Å². The smallest absolute Gasteiger partial charge is 0.237 e. The number of nitrogens with zero attached hydrogens (tertiary/aromatic N) is 1. The molecule has 2 aliphatic rings. The molecule has 5 heteroatoms. The monoisotopic (exact) mass is 286 g/mol. The molecule has 3 rings (SSSR count). The number of aromatic carboxylic acids is 1. The highest BCUT2D eigenvalue weighted by Crippen LogP contribution is 2.42. The summed E-state index contributed by atoms with van der Waals surface area (Å²) in [5.41, 5.74) is 0.473. The Bertz CT molecular complexity index is 607. The molecule has 0 N–H and O–H groups in total. The van der Waals surface area contributed by atoms with Crippen LogP contribution in [0.4, 0.5) is 5.69 Å². The third-order valence-corrected chi connectivity index (χ3v) is 4.55. The highest BCUT2D eigenvalue weighted by Gasteiger charge is 2.49. The number of carboxylic acids is 1. The van der Waals surface area contributed by atoms with Gasteiger partial charge in [0.2, 0.25) is 11.8 Å². The molecule has 1 aromatic rings. The second-order valence-corrected chi connectivity index (χ2v) is 5.98. The van der Waals surface area contributed by atoms with Crippen LogP contribution in [0.25, 0.3) is 0 Å². The fraction of sp³-hybridized carbons (Fsp3) is 0.438. The summed E-state index contributed by atoms with van der Waals surface area (Å²) in [7, 11) is 0. The molecule has 2 fully saturated rings. The summed E-state index contributed by atoms with van der Waals surface area (Å²) in [4.78, 5) is 36.9. The Kier molecular flexibility index (Phi) is 3.27. The number of benzene rings is 1. The number of carbonyl (C=O) groups excluding carboxylic acids is 3. The summed E-state index contributed by atoms with van der Waals surface area (Å²) in [6.45, 7) is 2.10. The first-order valence-electron chi connectivity index (χ1n) is 7.18. The maximum atomic E-state index is 12.5. The molecule has 21 heavy (non-hydrogen) atoms. The Morgan fingerprint density at radius 1 is 1.10 bits per heavy atom. The summed E-state index contributed by atoms with van der Waals surface area (Å²) in [6.07, 6.45) is 2.48. The number of carboxylic acid groups (broad SMARTS) is 1. The number of imide groups is 1. The summed E-state index contributed by atoms with van der Waals surface area (Å²) >= 11 is 0. The van der Waals surface area contributed by atoms with Gasteiger partial charge in [-0.3, -0.25) is 14.5 Å². The van der Waals surface area contributed by atoms with E-state index in [-0.39, 0.29) is 29.2 Å². The first-order chi connectivity index (χ1) is 9.99. The number of anilines is 1. The number of carbonyl (C=O) groups is 3. The van der Waals surface area contributed by atoms with Crippen LogP contribution in [0.15, 0.2) is 24.3 Å². The van der Waals surface area contributed by atoms with Gasteiger partial charge in [-0.05, 0) is 42.9 Å². The molecule has 1 aliphatic carbocycles. The van der Waals surface area contributed by atoms with Gasteiger partial charge in [-0.25, -0.2) is 0 Å². The topological polar surface area (TPSA) is 77.5 Å². The minimum atomic E-state index is -1.27. The predicted molar refractivity (Wildman–Crippen MR) is 73.3 cm³/mol. The molecule has 0 spiro atoms. The third kappa shape index (κ3) is 2.22. The van der Waals surface area contributed by atoms with Crippen molar-refractivity contribution in [3.8, 4) is 0 Å². The van der Waals surface area contributed by atoms with Gasteiger partial charge in [0.15, 0.2) is 0 Å². The van der Waals surface area contributed by atoms with E-state index < -0.39 is 5.97 Å². The zero-order chi connectivity index (χ0) is 15.1. The quantitative estimate of drug-likeness (QED) is 0.759. The summed E-state index contributed by atoms with van der Waals surface area (Å²) in [5.74, 6) is -1.56. The fourth-order valence-electron chi connectivity index (χ4n) is 3.39. The number of rotatable bonds is 2. The Morgan fingerprint density at radius 2 is 1.71 bits per heavy atom. The van der Waals surface area contributed by atoms with Gasteiger partial charge in [0.05, 0.1) is 23.5 Å². The SMILES string of the molecule is C[C@H]1CC[C@H]2C(=O)N(c3ccc(C(=O)[O-])cc3)C(=O)[C@@H]2C1. The van der Waals surface area contributed by atoms with E-state index in [0.717, 1.165) is 19.3 Å². The van der Waals surface area contributed by atoms with E-state index in [0.29, 0.717) is 11.6 Å². The minimum Gasteiger partial charge on any atom is -0.545 e. The molecule has 1 aromatic carbocycles. The molecule has 5 nitrogen and oxygen atoms in total. The summed E-state index contributed by atoms with van der Waals surface area (Å²) in [5, 5.41) is 10.7. The first kappa shape index (κ1) is 13.8. The first-order valence-corrected chi connectivity index (χ1v) is 7.18. The Morgan fingerprint density at radius 3 is 2.33 bits per heavy atom. The van der Waals surface area contributed by atoms with Crippen molar-refractivity contribution in [2.45, 2.75) is 26.2 Å². The normalized spacial score (nSPS) is 28.6. The van der Waals surface area contributed by atoms with Crippen LogP contribution < -0.4 is 10.0 Å². The van der Waals surface area contributed by atoms with Gasteiger partial charge in [0.1, 0.15) is 0 Å². The van der Waals surface area contributed by atoms with Crippen molar-refractivity contribution in [3.63, 3.8) is 0 Å². The van der Waals surface area contributed by atoms with Crippen LogP contribution in [-0.2, 0) is 9.59 Å². The van der Waals surface area contributed by atoms with E-state index in [1.54, 1.807) is 0 Å². The second-order valence-electron chi connectivity index (χ2n) is 5.98. The predicted octanol–water partition coefficient (Wildman–Crippen LogP) is 0.976. The second kappa shape index (κ2) is 4.98. The molecule has 1 heterocycles. The highest BCUT2D eigenvalue weighted by molar-refractivity contribution is 6.22. The Hall–Kier alpha value is -2.17. The maximum absolute atomic E-state index is 12.5. The lowest BCUT2D eigenvalue weighted by Gasteiger charge is -2.25. The van der Waals surface area contributed by atoms with Crippen molar-refractivity contribution < 1.29 is 19.5 Å². The van der Waals surface area contributed by atoms with Crippen LogP contribution in [0.5, 0.6) is 0 Å². The largest absolute Gasteiger partial charge is 0.545 e. The summed E-state index contributed by atoms with van der Waals surface area (Å²) < 4.78 is 0. The third-order valence-electron chi connectivity index (χ3n) is 4.55. The van der Waals surface area contributed by atoms with Crippen LogP contribution in [0.2, 0.25) is 0 Å². The lowest BCUT2D eigenvalue weighted by molar-refractivity contribution is -0.255. The molecule has 3 atom stereocenters. The van der Waals surface area contributed by atoms with Crippen LogP contribution >= 0.6 is 0 Å². The average molecular weight is 286 g/mol. The Balaban J connectivity index is 1.90. The van der Waals surface area contributed by atoms with E-state index in [9.17, 15) is 19.5 Å². The van der Waals surface area contributed by atoms with E-state index in [2.05, 4.69) is 6.92 Å². The number of fused-ring (bicyclic) bond motifs is 1. The van der Waals surface area contributed by atoms with Crippen molar-refractivity contribution in [3.05, 3.63) is 29.8 Å². The van der Waals surface area contributed by atoms with Crippen molar-refractivity contribution >= 4 is 23.5 Å². The fourth-order valence-corrected chi connectivity index (χ4v) is 3.39. The molecule has 0 radical (unpaired) electrons. The lowest BCUT2D eigenvalue weighted by atomic mass is 9.76. The molecule has 1 aliphatic heterocycles. The lowest BCUT2D eigenvalue weighted by Crippen LogP contribution is -2.31. The highest BCUT2D eigenvalue weighted by atomic mass is 16.4. The molecule has 0 bridgehead atoms. The van der Waals surface area contributed by atoms with Crippen molar-refractivity contribution in [1.29, 1.82) is 0 Å². The van der Waals surface area contributed by atoms with Crippen LogP contribution in [-0.4, -0.2) is 17.8 Å². The van der Waals surface area contributed by atoms with E-state index >= 15 is 0 Å². The molecule has 2 amide bonds. The van der Waals surface area contributed by atoms with E-state index in [1.807, 2.05) is 0 Å². The molecule has 110 valence electrons. The average Bonchev–Trinajstić information content (AvgIpc) is 2.70. The Labute approximate surface area is 122 Å². The molecular weight excluding hydrogens is 270 g/mol. The number of hydrogen-bond acceptors (Lipinski definition) is 4. The van der Waals surface area contributed by atoms with Gasteiger partial charge in [-0.2, -0.15) is 0 Å². The van der Waals surface area contributed by atoms with Crippen LogP contribution in [0, 0.1) is 17.8 Å². The van der Waals surface area contributed by atoms with Gasteiger partial charge in [-0.1, -0.05) is 19.1 Å². The zero-order valence-corrected chi connectivity index (χ0v) is 11.7. The van der Waals surface area contributed by atoms with Gasteiger partial charge < -0.3 is 9.90 Å². The maximum Gasteiger partial charge on any atom is 0.237 e. The number of amides is 2. The standard InChI is InChI=1S/C16H17NO4/c1-9-2-7-12-13(8-9)15(19)17(14(12)18)11-5-3-10(4-6-11)16(20)21/h3-6,9,12-13H,2,7-8H2,1H3,(H,20,21)/p-1/t9-,12+,13+/m0/s1. The molecular formula is C16H16NO4-. The van der Waals surface area contributed by atoms with Crippen molar-refractivity contribution in [2.75, 3.05) is 4.90 Å². The van der Waals surface area contributed by atoms with E-state index in [1.165, 1.54) is 29.2 Å². The molecule has 0 unspecified atom stereocenters. The van der Waals surface area contributed by atoms with Crippen LogP contribution in [0.1, 0.15) is 36.5 Å². The summed E-state index contributed by atoms with van der Waals surface area (Å²) in [6, 6.07) is 5.69. The molecule has 1 saturated carbocycles. The van der Waals surface area contributed by atoms with Gasteiger partial charge in [0, 0.05) is 0 Å². The van der Waals surface area contributed by atoms with Crippen molar-refractivity contribution in [2.24, 2.45) is 17.8 Å². The molecule has 1 saturated heterocycles. The molecule has 0 aromatic heterocycles. The van der Waals surface area contributed by atoms with Gasteiger partial charge >= 0.3 is 0 Å².